The Balaban J connectivity index is 1.71. The SMILES string of the molecule is O=C=NC1CC(=O)N(Cc2ccc3c(c2)OCO3)C1. The largest absolute Gasteiger partial charge is 0.454 e. The Morgan fingerprint density at radius 2 is 2.21 bits per heavy atom. The van der Waals surface area contributed by atoms with Crippen molar-refractivity contribution in [2.75, 3.05) is 13.3 Å². The molecule has 0 aromatic heterocycles. The van der Waals surface area contributed by atoms with Gasteiger partial charge in [-0.15, -0.1) is 0 Å². The van der Waals surface area contributed by atoms with E-state index < -0.39 is 0 Å². The van der Waals surface area contributed by atoms with Gasteiger partial charge in [0, 0.05) is 13.1 Å². The summed E-state index contributed by atoms with van der Waals surface area (Å²) in [5.41, 5.74) is 0.966. The number of hydrogen-bond donors (Lipinski definition) is 0. The van der Waals surface area contributed by atoms with Gasteiger partial charge in [-0.3, -0.25) is 4.79 Å². The van der Waals surface area contributed by atoms with Gasteiger partial charge in [0.05, 0.1) is 12.5 Å². The highest BCUT2D eigenvalue weighted by molar-refractivity contribution is 5.79. The van der Waals surface area contributed by atoms with Crippen LogP contribution in [0.3, 0.4) is 0 Å². The van der Waals surface area contributed by atoms with Crippen LogP contribution in [-0.2, 0) is 16.1 Å². The summed E-state index contributed by atoms with van der Waals surface area (Å²) in [6.07, 6.45) is 1.79. The maximum absolute atomic E-state index is 11.8. The molecular formula is C13H12N2O4. The molecule has 1 saturated heterocycles. The van der Waals surface area contributed by atoms with Gasteiger partial charge in [0.15, 0.2) is 11.5 Å². The molecule has 2 aliphatic heterocycles. The fourth-order valence-electron chi connectivity index (χ4n) is 2.32. The Kier molecular flexibility index (Phi) is 2.93. The van der Waals surface area contributed by atoms with E-state index in [2.05, 4.69) is 4.99 Å². The van der Waals surface area contributed by atoms with E-state index in [1.54, 1.807) is 4.90 Å². The van der Waals surface area contributed by atoms with E-state index in [4.69, 9.17) is 9.47 Å². The van der Waals surface area contributed by atoms with Crippen LogP contribution in [-0.4, -0.2) is 36.3 Å². The summed E-state index contributed by atoms with van der Waals surface area (Å²) < 4.78 is 10.5. The van der Waals surface area contributed by atoms with Crippen molar-refractivity contribution in [1.82, 2.24) is 4.90 Å². The number of rotatable bonds is 3. The Bertz CT molecular complexity index is 566. The van der Waals surface area contributed by atoms with Gasteiger partial charge in [-0.1, -0.05) is 6.07 Å². The van der Waals surface area contributed by atoms with Crippen LogP contribution >= 0.6 is 0 Å². The molecular weight excluding hydrogens is 248 g/mol. The molecule has 1 amide bonds. The number of carbonyl (C=O) groups excluding carboxylic acids is 2. The number of ether oxygens (including phenoxy) is 2. The first-order valence-corrected chi connectivity index (χ1v) is 5.99. The summed E-state index contributed by atoms with van der Waals surface area (Å²) in [6, 6.07) is 5.33. The maximum Gasteiger partial charge on any atom is 0.235 e. The zero-order chi connectivity index (χ0) is 13.2. The molecule has 1 atom stereocenters. The topological polar surface area (TPSA) is 68.2 Å². The molecule has 0 spiro atoms. The molecule has 0 bridgehead atoms. The molecule has 3 rings (SSSR count). The lowest BCUT2D eigenvalue weighted by molar-refractivity contribution is -0.128. The van der Waals surface area contributed by atoms with E-state index in [1.165, 1.54) is 6.08 Å². The van der Waals surface area contributed by atoms with Gasteiger partial charge in [0.25, 0.3) is 0 Å². The highest BCUT2D eigenvalue weighted by atomic mass is 16.7. The van der Waals surface area contributed by atoms with Gasteiger partial charge < -0.3 is 14.4 Å². The summed E-state index contributed by atoms with van der Waals surface area (Å²) in [4.78, 5) is 27.3. The first kappa shape index (κ1) is 11.7. The van der Waals surface area contributed by atoms with Crippen molar-refractivity contribution in [2.45, 2.75) is 19.0 Å². The summed E-state index contributed by atoms with van der Waals surface area (Å²) in [7, 11) is 0. The van der Waals surface area contributed by atoms with Crippen molar-refractivity contribution in [3.8, 4) is 11.5 Å². The van der Waals surface area contributed by atoms with Crippen molar-refractivity contribution in [3.05, 3.63) is 23.8 Å². The van der Waals surface area contributed by atoms with E-state index in [0.29, 0.717) is 18.8 Å². The second kappa shape index (κ2) is 4.74. The van der Waals surface area contributed by atoms with E-state index in [9.17, 15) is 9.59 Å². The third-order valence-corrected chi connectivity index (χ3v) is 3.24. The minimum atomic E-state index is -0.265. The molecule has 1 fully saturated rings. The number of nitrogens with zero attached hydrogens (tertiary/aromatic N) is 2. The lowest BCUT2D eigenvalue weighted by atomic mass is 10.2. The highest BCUT2D eigenvalue weighted by Crippen LogP contribution is 2.33. The number of benzene rings is 1. The third-order valence-electron chi connectivity index (χ3n) is 3.24. The van der Waals surface area contributed by atoms with Crippen molar-refractivity contribution >= 4 is 12.0 Å². The summed E-state index contributed by atoms with van der Waals surface area (Å²) >= 11 is 0. The molecule has 6 heteroatoms. The normalized spacial score (nSPS) is 20.5. The van der Waals surface area contributed by atoms with Crippen LogP contribution in [0.4, 0.5) is 0 Å². The average Bonchev–Trinajstić information content (AvgIpc) is 2.97. The van der Waals surface area contributed by atoms with Gasteiger partial charge >= 0.3 is 0 Å². The highest BCUT2D eigenvalue weighted by Gasteiger charge is 2.29. The van der Waals surface area contributed by atoms with Crippen molar-refractivity contribution in [2.24, 2.45) is 4.99 Å². The Labute approximate surface area is 109 Å². The van der Waals surface area contributed by atoms with Crippen LogP contribution in [0.15, 0.2) is 23.2 Å². The first-order valence-electron chi connectivity index (χ1n) is 5.99. The number of amides is 1. The second-order valence-corrected chi connectivity index (χ2v) is 4.54. The van der Waals surface area contributed by atoms with Crippen LogP contribution in [0.1, 0.15) is 12.0 Å². The number of fused-ring (bicyclic) bond motifs is 1. The van der Waals surface area contributed by atoms with Gasteiger partial charge in [-0.05, 0) is 17.7 Å². The lowest BCUT2D eigenvalue weighted by Gasteiger charge is -2.15. The molecule has 6 nitrogen and oxygen atoms in total. The number of isocyanates is 1. The van der Waals surface area contributed by atoms with E-state index in [1.807, 2.05) is 18.2 Å². The monoisotopic (exact) mass is 260 g/mol. The predicted molar refractivity (Wildman–Crippen MR) is 64.5 cm³/mol. The Morgan fingerprint density at radius 3 is 3.05 bits per heavy atom. The van der Waals surface area contributed by atoms with Crippen LogP contribution in [0.25, 0.3) is 0 Å². The quantitative estimate of drug-likeness (QED) is 0.597. The van der Waals surface area contributed by atoms with Crippen LogP contribution < -0.4 is 9.47 Å². The van der Waals surface area contributed by atoms with E-state index >= 15 is 0 Å². The van der Waals surface area contributed by atoms with Gasteiger partial charge in [-0.2, -0.15) is 0 Å². The number of hydrogen-bond acceptors (Lipinski definition) is 5. The summed E-state index contributed by atoms with van der Waals surface area (Å²) in [5, 5.41) is 0. The Hall–Kier alpha value is -2.33. The maximum atomic E-state index is 11.8. The fraction of sp³-hybridized carbons (Fsp3) is 0.385. The molecule has 1 aromatic rings. The molecule has 1 unspecified atom stereocenters. The molecule has 19 heavy (non-hydrogen) atoms. The van der Waals surface area contributed by atoms with Crippen molar-refractivity contribution in [3.63, 3.8) is 0 Å². The van der Waals surface area contributed by atoms with E-state index in [0.717, 1.165) is 11.3 Å². The van der Waals surface area contributed by atoms with E-state index in [-0.39, 0.29) is 25.2 Å². The molecule has 2 heterocycles. The average molecular weight is 260 g/mol. The number of carbonyl (C=O) groups is 1. The van der Waals surface area contributed by atoms with Crippen LogP contribution in [0, 0.1) is 0 Å². The van der Waals surface area contributed by atoms with Crippen LogP contribution in [0.5, 0.6) is 11.5 Å². The smallest absolute Gasteiger partial charge is 0.235 e. The fourth-order valence-corrected chi connectivity index (χ4v) is 2.32. The summed E-state index contributed by atoms with van der Waals surface area (Å²) in [5.74, 6) is 1.42. The number of likely N-dealkylation sites (tertiary alicyclic amines) is 1. The summed E-state index contributed by atoms with van der Waals surface area (Å²) in [6.45, 7) is 1.18. The molecule has 0 aliphatic carbocycles. The van der Waals surface area contributed by atoms with Crippen molar-refractivity contribution < 1.29 is 19.1 Å². The van der Waals surface area contributed by atoms with Gasteiger partial charge in [0.2, 0.25) is 18.8 Å². The zero-order valence-corrected chi connectivity index (χ0v) is 10.2. The standard InChI is InChI=1S/C13H12N2O4/c16-7-14-10-4-13(17)15(6-10)5-9-1-2-11-12(3-9)19-8-18-11/h1-3,10H,4-6,8H2. The Morgan fingerprint density at radius 1 is 1.37 bits per heavy atom. The lowest BCUT2D eigenvalue weighted by Crippen LogP contribution is -2.24. The van der Waals surface area contributed by atoms with Gasteiger partial charge in [0.1, 0.15) is 0 Å². The molecule has 1 aromatic carbocycles. The molecule has 2 aliphatic rings. The number of aliphatic imine (C=N–C) groups is 1. The van der Waals surface area contributed by atoms with Crippen molar-refractivity contribution in [1.29, 1.82) is 0 Å². The van der Waals surface area contributed by atoms with Gasteiger partial charge in [-0.25, -0.2) is 9.79 Å². The molecule has 0 saturated carbocycles. The minimum absolute atomic E-state index is 0.00154. The molecule has 0 radical (unpaired) electrons. The van der Waals surface area contributed by atoms with Crippen LogP contribution in [0.2, 0.25) is 0 Å². The molecule has 98 valence electrons. The second-order valence-electron chi connectivity index (χ2n) is 4.54. The predicted octanol–water partition coefficient (Wildman–Crippen LogP) is 0.852. The first-order chi connectivity index (χ1) is 9.26. The third kappa shape index (κ3) is 2.30. The zero-order valence-electron chi connectivity index (χ0n) is 10.2. The minimum Gasteiger partial charge on any atom is -0.454 e. The molecule has 0 N–H and O–H groups in total.